The van der Waals surface area contributed by atoms with Crippen molar-refractivity contribution in [2.24, 2.45) is 0 Å². The van der Waals surface area contributed by atoms with Crippen LogP contribution in [0.4, 0.5) is 0 Å². The summed E-state index contributed by atoms with van der Waals surface area (Å²) in [6.45, 7) is 4.21. The summed E-state index contributed by atoms with van der Waals surface area (Å²) >= 11 is 0. The van der Waals surface area contributed by atoms with Crippen LogP contribution in [0.3, 0.4) is 0 Å². The predicted molar refractivity (Wildman–Crippen MR) is 66.3 cm³/mol. The largest absolute Gasteiger partial charge is 0.388 e. The van der Waals surface area contributed by atoms with Gasteiger partial charge in [-0.2, -0.15) is 0 Å². The van der Waals surface area contributed by atoms with Gasteiger partial charge in [0.25, 0.3) is 0 Å². The molecule has 1 rings (SSSR count). The van der Waals surface area contributed by atoms with Gasteiger partial charge in [-0.1, -0.05) is 38.2 Å². The molecule has 92 valence electrons. The van der Waals surface area contributed by atoms with Gasteiger partial charge in [0.15, 0.2) is 5.78 Å². The Kier molecular flexibility index (Phi) is 5.75. The maximum atomic E-state index is 11.5. The zero-order valence-corrected chi connectivity index (χ0v) is 10.6. The van der Waals surface area contributed by atoms with Crippen LogP contribution >= 0.6 is 0 Å². The molecule has 16 heavy (non-hydrogen) atoms. The topological polar surface area (TPSA) is 37.3 Å². The van der Waals surface area contributed by atoms with Crippen LogP contribution in [-0.2, 0) is 4.79 Å². The Morgan fingerprint density at radius 3 is 2.56 bits per heavy atom. The van der Waals surface area contributed by atoms with Crippen molar-refractivity contribution in [1.29, 1.82) is 0 Å². The Hall–Kier alpha value is -0.630. The molecule has 0 aromatic heterocycles. The molecule has 1 saturated carbocycles. The van der Waals surface area contributed by atoms with Crippen LogP contribution in [0.5, 0.6) is 0 Å². The third kappa shape index (κ3) is 3.75. The molecule has 1 unspecified atom stereocenters. The van der Waals surface area contributed by atoms with Gasteiger partial charge in [-0.3, -0.25) is 4.79 Å². The minimum absolute atomic E-state index is 0.165. The second-order valence-electron chi connectivity index (χ2n) is 4.84. The summed E-state index contributed by atoms with van der Waals surface area (Å²) in [6.07, 6.45) is 7.89. The summed E-state index contributed by atoms with van der Waals surface area (Å²) < 4.78 is 0. The highest BCUT2D eigenvalue weighted by Gasteiger charge is 2.27. The molecule has 0 bridgehead atoms. The van der Waals surface area contributed by atoms with Crippen LogP contribution in [-0.4, -0.2) is 17.0 Å². The van der Waals surface area contributed by atoms with E-state index in [0.717, 1.165) is 24.0 Å². The zero-order valence-electron chi connectivity index (χ0n) is 10.6. The summed E-state index contributed by atoms with van der Waals surface area (Å²) in [5.41, 5.74) is 1.84. The molecule has 0 aliphatic heterocycles. The van der Waals surface area contributed by atoms with Crippen LogP contribution in [0.1, 0.15) is 65.2 Å². The van der Waals surface area contributed by atoms with Crippen LogP contribution in [0.15, 0.2) is 11.1 Å². The van der Waals surface area contributed by atoms with E-state index in [0.29, 0.717) is 12.8 Å². The third-order valence-electron chi connectivity index (χ3n) is 3.39. The Bertz CT molecular complexity index is 266. The molecule has 0 radical (unpaired) electrons. The molecule has 0 aromatic carbocycles. The molecule has 2 heteroatoms. The molecule has 0 heterocycles. The van der Waals surface area contributed by atoms with E-state index in [4.69, 9.17) is 0 Å². The maximum absolute atomic E-state index is 11.5. The van der Waals surface area contributed by atoms with Gasteiger partial charge in [0.2, 0.25) is 0 Å². The van der Waals surface area contributed by atoms with E-state index >= 15 is 0 Å². The Morgan fingerprint density at radius 1 is 1.31 bits per heavy atom. The van der Waals surface area contributed by atoms with Crippen molar-refractivity contribution < 1.29 is 9.90 Å². The number of hydrogen-bond acceptors (Lipinski definition) is 2. The van der Waals surface area contributed by atoms with Gasteiger partial charge in [0.05, 0.1) is 6.10 Å². The van der Waals surface area contributed by atoms with Crippen LogP contribution < -0.4 is 0 Å². The molecule has 1 aliphatic rings. The minimum Gasteiger partial charge on any atom is -0.388 e. The molecule has 1 fully saturated rings. The highest BCUT2D eigenvalue weighted by atomic mass is 16.3. The van der Waals surface area contributed by atoms with Crippen molar-refractivity contribution >= 4 is 5.78 Å². The fourth-order valence-corrected chi connectivity index (χ4v) is 2.38. The third-order valence-corrected chi connectivity index (χ3v) is 3.39. The smallest absolute Gasteiger partial charge is 0.161 e. The summed E-state index contributed by atoms with van der Waals surface area (Å²) in [5, 5.41) is 9.69. The quantitative estimate of drug-likeness (QED) is 0.554. The number of carbonyl (C=O) groups excluding carboxylic acids is 1. The Morgan fingerprint density at radius 2 is 2.00 bits per heavy atom. The first-order valence-corrected chi connectivity index (χ1v) is 6.57. The van der Waals surface area contributed by atoms with Gasteiger partial charge in [0.1, 0.15) is 0 Å². The molecule has 0 amide bonds. The number of carbonyl (C=O) groups is 1. The van der Waals surface area contributed by atoms with E-state index in [9.17, 15) is 9.90 Å². The lowest BCUT2D eigenvalue weighted by Crippen LogP contribution is -2.08. The van der Waals surface area contributed by atoms with Gasteiger partial charge >= 0.3 is 0 Å². The number of allylic oxidation sites excluding steroid dienone is 1. The number of ketones is 1. The molecular formula is C14H24O2. The van der Waals surface area contributed by atoms with Crippen LogP contribution in [0.25, 0.3) is 0 Å². The van der Waals surface area contributed by atoms with E-state index in [-0.39, 0.29) is 5.78 Å². The number of aliphatic hydroxyl groups excluding tert-OH is 1. The average molecular weight is 224 g/mol. The normalized spacial score (nSPS) is 23.9. The van der Waals surface area contributed by atoms with Gasteiger partial charge in [-0.15, -0.1) is 0 Å². The van der Waals surface area contributed by atoms with E-state index in [1.807, 2.05) is 6.92 Å². The Balaban J connectivity index is 2.35. The molecule has 1 atom stereocenters. The van der Waals surface area contributed by atoms with Gasteiger partial charge in [-0.25, -0.2) is 0 Å². The highest BCUT2D eigenvalue weighted by molar-refractivity contribution is 5.99. The van der Waals surface area contributed by atoms with Crippen molar-refractivity contribution in [2.45, 2.75) is 71.3 Å². The summed E-state index contributed by atoms with van der Waals surface area (Å²) in [5.74, 6) is 0.165. The monoisotopic (exact) mass is 224 g/mol. The van der Waals surface area contributed by atoms with Crippen molar-refractivity contribution in [1.82, 2.24) is 0 Å². The average Bonchev–Trinajstić information content (AvgIpc) is 2.58. The van der Waals surface area contributed by atoms with Gasteiger partial charge < -0.3 is 5.11 Å². The van der Waals surface area contributed by atoms with Crippen LogP contribution in [0, 0.1) is 0 Å². The summed E-state index contributed by atoms with van der Waals surface area (Å²) in [4.78, 5) is 11.5. The lowest BCUT2D eigenvalue weighted by Gasteiger charge is -2.08. The zero-order chi connectivity index (χ0) is 12.0. The van der Waals surface area contributed by atoms with E-state index < -0.39 is 6.10 Å². The van der Waals surface area contributed by atoms with Crippen molar-refractivity contribution in [2.75, 3.05) is 0 Å². The fraction of sp³-hybridized carbons (Fsp3) is 0.786. The summed E-state index contributed by atoms with van der Waals surface area (Å²) in [7, 11) is 0. The standard InChI is InChI=1S/C14H24O2/c1-3-4-5-6-7-8-11(2)14-12(15)9-10-13(14)16/h12,15H,3-10H2,1-2H3/b14-11-. The number of rotatable bonds is 6. The van der Waals surface area contributed by atoms with Crippen molar-refractivity contribution in [3.8, 4) is 0 Å². The molecule has 2 nitrogen and oxygen atoms in total. The molecular weight excluding hydrogens is 200 g/mol. The number of aliphatic hydroxyl groups is 1. The first-order valence-electron chi connectivity index (χ1n) is 6.57. The van der Waals surface area contributed by atoms with Crippen molar-refractivity contribution in [3.05, 3.63) is 11.1 Å². The molecule has 1 aliphatic carbocycles. The number of Topliss-reactive ketones (excluding diaryl/α,β-unsaturated/α-hetero) is 1. The van der Waals surface area contributed by atoms with Gasteiger partial charge in [-0.05, 0) is 26.2 Å². The van der Waals surface area contributed by atoms with E-state index in [2.05, 4.69) is 6.92 Å². The molecule has 0 spiro atoms. The number of hydrogen-bond donors (Lipinski definition) is 1. The fourth-order valence-electron chi connectivity index (χ4n) is 2.38. The SMILES string of the molecule is CCCCCCC/C(C)=C1\C(=O)CCC1O. The van der Waals surface area contributed by atoms with Crippen LogP contribution in [0.2, 0.25) is 0 Å². The van der Waals surface area contributed by atoms with Gasteiger partial charge in [0, 0.05) is 12.0 Å². The Labute approximate surface area is 98.7 Å². The number of unbranched alkanes of at least 4 members (excludes halogenated alkanes) is 4. The summed E-state index contributed by atoms with van der Waals surface area (Å²) in [6, 6.07) is 0. The first kappa shape index (κ1) is 13.4. The first-order chi connectivity index (χ1) is 7.66. The van der Waals surface area contributed by atoms with Crippen molar-refractivity contribution in [3.63, 3.8) is 0 Å². The maximum Gasteiger partial charge on any atom is 0.161 e. The predicted octanol–water partition coefficient (Wildman–Crippen LogP) is 3.39. The van der Waals surface area contributed by atoms with E-state index in [1.54, 1.807) is 0 Å². The lowest BCUT2D eigenvalue weighted by atomic mass is 10.00. The van der Waals surface area contributed by atoms with E-state index in [1.165, 1.54) is 25.7 Å². The second kappa shape index (κ2) is 6.85. The minimum atomic E-state index is -0.483. The molecule has 1 N–H and O–H groups in total. The highest BCUT2D eigenvalue weighted by Crippen LogP contribution is 2.26. The lowest BCUT2D eigenvalue weighted by molar-refractivity contribution is -0.114. The molecule has 0 saturated heterocycles. The molecule has 0 aromatic rings. The second-order valence-corrected chi connectivity index (χ2v) is 4.84.